The van der Waals surface area contributed by atoms with Gasteiger partial charge in [-0.05, 0) is 25.8 Å². The van der Waals surface area contributed by atoms with Crippen LogP contribution in [0.5, 0.6) is 5.75 Å². The molecular formula is C20H26NO6P. The molecule has 0 unspecified atom stereocenters. The first-order chi connectivity index (χ1) is 13.5. The summed E-state index contributed by atoms with van der Waals surface area (Å²) in [7, 11) is -3.20. The van der Waals surface area contributed by atoms with Crippen molar-refractivity contribution in [1.82, 2.24) is 4.98 Å². The number of benzene rings is 1. The van der Waals surface area contributed by atoms with E-state index < -0.39 is 7.60 Å². The van der Waals surface area contributed by atoms with E-state index in [2.05, 4.69) is 4.98 Å². The fourth-order valence-corrected chi connectivity index (χ4v) is 4.33. The Balaban J connectivity index is 2.03. The number of pyridine rings is 1. The summed E-state index contributed by atoms with van der Waals surface area (Å²) in [5, 5.41) is 0. The standard InChI is InChI=1S/C20H26NO6P/c1-3-26-28(24,27-4-2)14-8-11-17(22)19-20(18(23)12-13-21-19)25-15-16-9-6-5-7-10-16/h5-7,9-10,12-13H,3-4,8,11,14-15H2,1-2H3,(H,21,23). The number of carbonyl (C=O) groups is 1. The van der Waals surface area contributed by atoms with Gasteiger partial charge in [0.05, 0.1) is 19.4 Å². The third kappa shape index (κ3) is 6.44. The summed E-state index contributed by atoms with van der Waals surface area (Å²) in [6.45, 7) is 4.20. The molecule has 0 saturated carbocycles. The molecular weight excluding hydrogens is 381 g/mol. The molecule has 152 valence electrons. The molecule has 0 bridgehead atoms. The lowest BCUT2D eigenvalue weighted by Gasteiger charge is -2.16. The van der Waals surface area contributed by atoms with E-state index in [-0.39, 0.29) is 55.1 Å². The first kappa shape index (κ1) is 22.1. The summed E-state index contributed by atoms with van der Waals surface area (Å²) >= 11 is 0. The molecule has 0 fully saturated rings. The number of H-pyrrole nitrogens is 1. The van der Waals surface area contributed by atoms with Crippen molar-refractivity contribution in [2.75, 3.05) is 19.4 Å². The molecule has 1 heterocycles. The first-order valence-corrected chi connectivity index (χ1v) is 11.0. The molecule has 1 N–H and O–H groups in total. The summed E-state index contributed by atoms with van der Waals surface area (Å²) in [6.07, 6.45) is 1.95. The molecule has 0 amide bonds. The van der Waals surface area contributed by atoms with E-state index in [1.807, 2.05) is 30.3 Å². The van der Waals surface area contributed by atoms with Gasteiger partial charge >= 0.3 is 7.60 Å². The molecule has 1 aromatic carbocycles. The molecule has 2 aromatic rings. The van der Waals surface area contributed by atoms with Crippen molar-refractivity contribution >= 4 is 13.4 Å². The zero-order valence-corrected chi connectivity index (χ0v) is 17.1. The highest BCUT2D eigenvalue weighted by atomic mass is 31.2. The Kier molecular flexibility index (Phi) is 8.64. The largest absolute Gasteiger partial charge is 0.483 e. The van der Waals surface area contributed by atoms with Crippen LogP contribution in [0.3, 0.4) is 0 Å². The minimum atomic E-state index is -3.20. The predicted molar refractivity (Wildman–Crippen MR) is 107 cm³/mol. The van der Waals surface area contributed by atoms with Crippen LogP contribution in [0.15, 0.2) is 47.4 Å². The lowest BCUT2D eigenvalue weighted by molar-refractivity contribution is 0.0971. The molecule has 7 nitrogen and oxygen atoms in total. The number of hydrogen-bond donors (Lipinski definition) is 1. The Bertz CT molecular complexity index is 854. The van der Waals surface area contributed by atoms with Gasteiger partial charge in [0.1, 0.15) is 12.3 Å². The van der Waals surface area contributed by atoms with E-state index >= 15 is 0 Å². The van der Waals surface area contributed by atoms with E-state index in [4.69, 9.17) is 13.8 Å². The molecule has 0 aliphatic rings. The average molecular weight is 407 g/mol. The van der Waals surface area contributed by atoms with Crippen molar-refractivity contribution in [1.29, 1.82) is 0 Å². The van der Waals surface area contributed by atoms with Gasteiger partial charge in [-0.2, -0.15) is 0 Å². The van der Waals surface area contributed by atoms with Crippen LogP contribution >= 0.6 is 7.60 Å². The van der Waals surface area contributed by atoms with E-state index in [0.29, 0.717) is 6.42 Å². The number of nitrogens with one attached hydrogen (secondary N) is 1. The third-order valence-corrected chi connectivity index (χ3v) is 6.07. The zero-order valence-electron chi connectivity index (χ0n) is 16.2. The second-order valence-electron chi connectivity index (χ2n) is 6.02. The number of aromatic amines is 1. The van der Waals surface area contributed by atoms with Crippen LogP contribution in [-0.4, -0.2) is 30.1 Å². The van der Waals surface area contributed by atoms with Crippen LogP contribution in [0.4, 0.5) is 0 Å². The Morgan fingerprint density at radius 3 is 2.39 bits per heavy atom. The van der Waals surface area contributed by atoms with Gasteiger partial charge in [-0.15, -0.1) is 0 Å². The molecule has 0 atom stereocenters. The lowest BCUT2D eigenvalue weighted by atomic mass is 10.1. The topological polar surface area (TPSA) is 94.7 Å². The number of aromatic nitrogens is 1. The fraction of sp³-hybridized carbons (Fsp3) is 0.400. The van der Waals surface area contributed by atoms with Crippen molar-refractivity contribution < 1.29 is 23.1 Å². The molecule has 28 heavy (non-hydrogen) atoms. The maximum absolute atomic E-state index is 12.6. The number of ether oxygens (including phenoxy) is 1. The van der Waals surface area contributed by atoms with Crippen LogP contribution in [0.1, 0.15) is 42.7 Å². The zero-order chi connectivity index (χ0) is 20.4. The molecule has 0 radical (unpaired) electrons. The van der Waals surface area contributed by atoms with Gasteiger partial charge in [0, 0.05) is 18.7 Å². The molecule has 8 heteroatoms. The molecule has 1 aromatic heterocycles. The highest BCUT2D eigenvalue weighted by Crippen LogP contribution is 2.48. The van der Waals surface area contributed by atoms with Gasteiger partial charge < -0.3 is 18.8 Å². The van der Waals surface area contributed by atoms with E-state index in [0.717, 1.165) is 5.56 Å². The Labute approximate surface area is 164 Å². The maximum Gasteiger partial charge on any atom is 0.330 e. The first-order valence-electron chi connectivity index (χ1n) is 9.29. The monoisotopic (exact) mass is 407 g/mol. The van der Waals surface area contributed by atoms with Gasteiger partial charge in [-0.25, -0.2) is 0 Å². The van der Waals surface area contributed by atoms with Crippen molar-refractivity contribution in [2.24, 2.45) is 0 Å². The SMILES string of the molecule is CCOP(=O)(CCCC(=O)c1[nH]ccc(=O)c1OCc1ccccc1)OCC. The summed E-state index contributed by atoms with van der Waals surface area (Å²) in [4.78, 5) is 27.6. The molecule has 0 aliphatic heterocycles. The van der Waals surface area contributed by atoms with Crippen LogP contribution in [-0.2, 0) is 20.2 Å². The average Bonchev–Trinajstić information content (AvgIpc) is 2.68. The van der Waals surface area contributed by atoms with Crippen molar-refractivity contribution in [3.63, 3.8) is 0 Å². The fourth-order valence-electron chi connectivity index (χ4n) is 2.66. The van der Waals surface area contributed by atoms with Crippen molar-refractivity contribution in [3.05, 3.63) is 64.1 Å². The maximum atomic E-state index is 12.6. The number of rotatable bonds is 12. The molecule has 0 saturated heterocycles. The van der Waals surface area contributed by atoms with Crippen molar-refractivity contribution in [2.45, 2.75) is 33.3 Å². The van der Waals surface area contributed by atoms with Crippen molar-refractivity contribution in [3.8, 4) is 5.75 Å². The van der Waals surface area contributed by atoms with Crippen LogP contribution in [0.25, 0.3) is 0 Å². The highest BCUT2D eigenvalue weighted by molar-refractivity contribution is 7.53. The Morgan fingerprint density at radius 2 is 1.75 bits per heavy atom. The smallest absolute Gasteiger partial charge is 0.330 e. The Morgan fingerprint density at radius 1 is 1.07 bits per heavy atom. The van der Waals surface area contributed by atoms with Gasteiger partial charge in [-0.3, -0.25) is 14.2 Å². The molecule has 0 aliphatic carbocycles. The minimum absolute atomic E-state index is 0.00541. The van der Waals surface area contributed by atoms with E-state index in [9.17, 15) is 14.2 Å². The second kappa shape index (κ2) is 11.0. The molecule has 2 rings (SSSR count). The Hall–Kier alpha value is -2.21. The highest BCUT2D eigenvalue weighted by Gasteiger charge is 2.24. The number of carbonyl (C=O) groups excluding carboxylic acids is 1. The third-order valence-electron chi connectivity index (χ3n) is 3.91. The summed E-state index contributed by atoms with van der Waals surface area (Å²) in [5.41, 5.74) is 0.636. The normalized spacial score (nSPS) is 11.4. The molecule has 0 spiro atoms. The van der Waals surface area contributed by atoms with Crippen LogP contribution in [0.2, 0.25) is 0 Å². The minimum Gasteiger partial charge on any atom is -0.483 e. The van der Waals surface area contributed by atoms with Crippen LogP contribution in [0, 0.1) is 0 Å². The predicted octanol–water partition coefficient (Wildman–Crippen LogP) is 4.18. The number of Topliss-reactive ketones (excluding diaryl/α,β-unsaturated/α-hetero) is 1. The van der Waals surface area contributed by atoms with Gasteiger partial charge in [0.2, 0.25) is 5.43 Å². The van der Waals surface area contributed by atoms with Gasteiger partial charge in [0.15, 0.2) is 11.5 Å². The second-order valence-corrected chi connectivity index (χ2v) is 8.20. The summed E-state index contributed by atoms with van der Waals surface area (Å²) < 4.78 is 28.6. The van der Waals surface area contributed by atoms with Crippen LogP contribution < -0.4 is 10.2 Å². The number of hydrogen-bond acceptors (Lipinski definition) is 6. The summed E-state index contributed by atoms with van der Waals surface area (Å²) in [6, 6.07) is 10.7. The van der Waals surface area contributed by atoms with E-state index in [1.54, 1.807) is 13.8 Å². The van der Waals surface area contributed by atoms with Gasteiger partial charge in [0.25, 0.3) is 0 Å². The quantitative estimate of drug-likeness (QED) is 0.419. The lowest BCUT2D eigenvalue weighted by Crippen LogP contribution is -2.15. The number of ketones is 1. The van der Waals surface area contributed by atoms with Gasteiger partial charge in [-0.1, -0.05) is 30.3 Å². The van der Waals surface area contributed by atoms with E-state index in [1.165, 1.54) is 12.3 Å². The summed E-state index contributed by atoms with van der Waals surface area (Å²) in [5.74, 6) is -0.297.